The van der Waals surface area contributed by atoms with Gasteiger partial charge in [-0.3, -0.25) is 4.79 Å². The predicted molar refractivity (Wildman–Crippen MR) is 99.0 cm³/mol. The highest BCUT2D eigenvalue weighted by Gasteiger charge is 2.48. The summed E-state index contributed by atoms with van der Waals surface area (Å²) in [5.41, 5.74) is 0.486. The number of carbonyl (C=O) groups is 1. The fraction of sp³-hybridized carbons (Fsp3) is 0.316. The van der Waals surface area contributed by atoms with Gasteiger partial charge in [0.05, 0.1) is 24.3 Å². The third-order valence-corrected chi connectivity index (χ3v) is 6.98. The van der Waals surface area contributed by atoms with E-state index in [-0.39, 0.29) is 24.5 Å². The molecule has 1 fully saturated rings. The highest BCUT2D eigenvalue weighted by molar-refractivity contribution is 7.88. The van der Waals surface area contributed by atoms with Crippen molar-refractivity contribution in [2.24, 2.45) is 0 Å². The summed E-state index contributed by atoms with van der Waals surface area (Å²) in [4.78, 5) is 12.5. The van der Waals surface area contributed by atoms with Crippen molar-refractivity contribution in [3.63, 3.8) is 0 Å². The summed E-state index contributed by atoms with van der Waals surface area (Å²) in [6.07, 6.45) is 0.712. The van der Waals surface area contributed by atoms with Gasteiger partial charge in [-0.15, -0.1) is 0 Å². The molecular weight excluding hydrogens is 374 g/mol. The largest absolute Gasteiger partial charge is 0.485 e. The number of ether oxygens (including phenoxy) is 1. The van der Waals surface area contributed by atoms with Crippen LogP contribution in [0.25, 0.3) is 0 Å². The molecule has 0 aromatic heterocycles. The van der Waals surface area contributed by atoms with Crippen molar-refractivity contribution in [1.82, 2.24) is 4.31 Å². The molecule has 136 valence electrons. The first-order valence-corrected chi connectivity index (χ1v) is 10.4. The van der Waals surface area contributed by atoms with Gasteiger partial charge in [0, 0.05) is 18.0 Å². The van der Waals surface area contributed by atoms with E-state index in [1.54, 1.807) is 42.5 Å². The van der Waals surface area contributed by atoms with Crippen LogP contribution in [0.3, 0.4) is 0 Å². The van der Waals surface area contributed by atoms with Gasteiger partial charge in [0.15, 0.2) is 5.78 Å². The molecule has 1 saturated heterocycles. The molecule has 1 spiro atoms. The van der Waals surface area contributed by atoms with Gasteiger partial charge < -0.3 is 4.74 Å². The second-order valence-electron chi connectivity index (χ2n) is 6.85. The number of hydrogen-bond donors (Lipinski definition) is 0. The van der Waals surface area contributed by atoms with E-state index in [0.29, 0.717) is 34.9 Å². The summed E-state index contributed by atoms with van der Waals surface area (Å²) in [6.45, 7) is 0.550. The lowest BCUT2D eigenvalue weighted by Crippen LogP contribution is -2.45. The molecule has 0 amide bonds. The minimum Gasteiger partial charge on any atom is -0.485 e. The number of benzene rings is 2. The minimum absolute atomic E-state index is 0.00352. The zero-order valence-electron chi connectivity index (χ0n) is 14.0. The lowest BCUT2D eigenvalue weighted by molar-refractivity contribution is 0.0498. The third-order valence-electron chi connectivity index (χ3n) is 4.93. The Morgan fingerprint density at radius 3 is 2.62 bits per heavy atom. The lowest BCUT2D eigenvalue weighted by atomic mass is 9.89. The van der Waals surface area contributed by atoms with Gasteiger partial charge in [-0.05, 0) is 29.8 Å². The van der Waals surface area contributed by atoms with E-state index in [4.69, 9.17) is 16.3 Å². The highest BCUT2D eigenvalue weighted by Crippen LogP contribution is 2.39. The van der Waals surface area contributed by atoms with Gasteiger partial charge in [-0.25, -0.2) is 8.42 Å². The molecule has 0 aliphatic carbocycles. The first-order valence-electron chi connectivity index (χ1n) is 8.40. The van der Waals surface area contributed by atoms with E-state index in [1.807, 2.05) is 6.07 Å². The van der Waals surface area contributed by atoms with Crippen LogP contribution in [0.2, 0.25) is 5.02 Å². The monoisotopic (exact) mass is 391 g/mol. The van der Waals surface area contributed by atoms with Crippen LogP contribution < -0.4 is 4.74 Å². The first-order chi connectivity index (χ1) is 12.4. The predicted octanol–water partition coefficient (Wildman–Crippen LogP) is 3.28. The normalized spacial score (nSPS) is 23.0. The Hall–Kier alpha value is -1.89. The summed E-state index contributed by atoms with van der Waals surface area (Å²) in [7, 11) is -3.50. The molecule has 0 saturated carbocycles. The number of halogens is 1. The van der Waals surface area contributed by atoms with Crippen LogP contribution in [0.1, 0.15) is 28.8 Å². The molecular formula is C19H18ClNO4S. The summed E-state index contributed by atoms with van der Waals surface area (Å²) in [5, 5.41) is 0.569. The highest BCUT2D eigenvalue weighted by atomic mass is 35.5. The van der Waals surface area contributed by atoms with E-state index in [2.05, 4.69) is 0 Å². The molecule has 7 heteroatoms. The Bertz CT molecular complexity index is 958. The zero-order valence-corrected chi connectivity index (χ0v) is 15.6. The van der Waals surface area contributed by atoms with Crippen LogP contribution in [0.5, 0.6) is 5.75 Å². The maximum atomic E-state index is 12.8. The van der Waals surface area contributed by atoms with E-state index in [1.165, 1.54) is 4.31 Å². The SMILES string of the molecule is O=C1CC2(CCN(S(=O)(=O)Cc3ccc(Cl)cc3)C2)Oc2ccccc21. The molecule has 0 radical (unpaired) electrons. The van der Waals surface area contributed by atoms with Crippen molar-refractivity contribution in [2.45, 2.75) is 24.2 Å². The second kappa shape index (κ2) is 6.37. The smallest absolute Gasteiger partial charge is 0.218 e. The first kappa shape index (κ1) is 17.5. The number of ketones is 1. The zero-order chi connectivity index (χ0) is 18.4. The van der Waals surface area contributed by atoms with Crippen molar-refractivity contribution < 1.29 is 17.9 Å². The van der Waals surface area contributed by atoms with Crippen molar-refractivity contribution in [3.05, 3.63) is 64.7 Å². The van der Waals surface area contributed by atoms with Crippen LogP contribution in [0, 0.1) is 0 Å². The summed E-state index contributed by atoms with van der Waals surface area (Å²) >= 11 is 5.85. The van der Waals surface area contributed by atoms with E-state index >= 15 is 0 Å². The number of hydrogen-bond acceptors (Lipinski definition) is 4. The van der Waals surface area contributed by atoms with Crippen LogP contribution in [-0.2, 0) is 15.8 Å². The maximum Gasteiger partial charge on any atom is 0.218 e. The molecule has 2 aromatic carbocycles. The molecule has 2 aromatic rings. The third kappa shape index (κ3) is 3.24. The van der Waals surface area contributed by atoms with Crippen molar-refractivity contribution >= 4 is 27.4 Å². The van der Waals surface area contributed by atoms with Crippen LogP contribution in [0.4, 0.5) is 0 Å². The summed E-state index contributed by atoms with van der Waals surface area (Å²) < 4.78 is 33.1. The summed E-state index contributed by atoms with van der Waals surface area (Å²) in [5.74, 6) is 0.453. The minimum atomic E-state index is -3.50. The molecule has 1 unspecified atom stereocenters. The van der Waals surface area contributed by atoms with Gasteiger partial charge in [-0.2, -0.15) is 4.31 Å². The second-order valence-corrected chi connectivity index (χ2v) is 9.25. The topological polar surface area (TPSA) is 63.7 Å². The average molecular weight is 392 g/mol. The Labute approximate surface area is 157 Å². The Morgan fingerprint density at radius 2 is 1.85 bits per heavy atom. The van der Waals surface area contributed by atoms with Crippen molar-refractivity contribution in [1.29, 1.82) is 0 Å². The van der Waals surface area contributed by atoms with Crippen molar-refractivity contribution in [3.8, 4) is 5.75 Å². The summed E-state index contributed by atoms with van der Waals surface area (Å²) in [6, 6.07) is 13.9. The molecule has 4 rings (SSSR count). The van der Waals surface area contributed by atoms with E-state index < -0.39 is 15.6 Å². The average Bonchev–Trinajstić information content (AvgIpc) is 3.01. The molecule has 5 nitrogen and oxygen atoms in total. The number of carbonyl (C=O) groups excluding carboxylic acids is 1. The number of Topliss-reactive ketones (excluding diaryl/α,β-unsaturated/α-hetero) is 1. The number of nitrogens with zero attached hydrogens (tertiary/aromatic N) is 1. The molecule has 2 aliphatic rings. The Morgan fingerprint density at radius 1 is 1.12 bits per heavy atom. The molecule has 0 N–H and O–H groups in total. The van der Waals surface area contributed by atoms with Gasteiger partial charge in [0.1, 0.15) is 11.4 Å². The number of sulfonamides is 1. The van der Waals surface area contributed by atoms with Crippen molar-refractivity contribution in [2.75, 3.05) is 13.1 Å². The van der Waals surface area contributed by atoms with Gasteiger partial charge in [0.2, 0.25) is 10.0 Å². The molecule has 26 heavy (non-hydrogen) atoms. The molecule has 2 aliphatic heterocycles. The van der Waals surface area contributed by atoms with Gasteiger partial charge in [-0.1, -0.05) is 35.9 Å². The van der Waals surface area contributed by atoms with Crippen LogP contribution >= 0.6 is 11.6 Å². The fourth-order valence-electron chi connectivity index (χ4n) is 3.60. The molecule has 0 bridgehead atoms. The van der Waals surface area contributed by atoms with Crippen LogP contribution in [0.15, 0.2) is 48.5 Å². The van der Waals surface area contributed by atoms with Gasteiger partial charge >= 0.3 is 0 Å². The quantitative estimate of drug-likeness (QED) is 0.805. The lowest BCUT2D eigenvalue weighted by Gasteiger charge is -2.34. The van der Waals surface area contributed by atoms with E-state index in [0.717, 1.165) is 0 Å². The molecule has 1 atom stereocenters. The Kier molecular flexibility index (Phi) is 4.29. The van der Waals surface area contributed by atoms with Gasteiger partial charge in [0.25, 0.3) is 0 Å². The van der Waals surface area contributed by atoms with E-state index in [9.17, 15) is 13.2 Å². The fourth-order valence-corrected chi connectivity index (χ4v) is 5.32. The van der Waals surface area contributed by atoms with Crippen LogP contribution in [-0.4, -0.2) is 37.2 Å². The number of para-hydroxylation sites is 1. The number of fused-ring (bicyclic) bond motifs is 1. The number of rotatable bonds is 3. The Balaban J connectivity index is 1.53. The maximum absolute atomic E-state index is 12.8. The standard InChI is InChI=1S/C19H18ClNO4S/c20-15-7-5-14(6-8-15)12-26(23,24)21-10-9-19(13-21)11-17(22)16-3-1-2-4-18(16)25-19/h1-8H,9-13H2. The molecule has 2 heterocycles.